The molecule has 0 aromatic heterocycles. The maximum Gasteiger partial charge on any atom is 0.124 e. The number of halogens is 1. The van der Waals surface area contributed by atoms with Gasteiger partial charge in [0.05, 0.1) is 7.11 Å². The molecule has 0 heterocycles. The van der Waals surface area contributed by atoms with Gasteiger partial charge in [-0.2, -0.15) is 0 Å². The molecule has 2 nitrogen and oxygen atoms in total. The Kier molecular flexibility index (Phi) is 3.17. The van der Waals surface area contributed by atoms with Crippen molar-refractivity contribution in [2.24, 2.45) is 5.73 Å². The van der Waals surface area contributed by atoms with Gasteiger partial charge in [-0.05, 0) is 49.4 Å². The number of nitrogens with two attached hydrogens (primary N) is 1. The van der Waals surface area contributed by atoms with Gasteiger partial charge in [-0.15, -0.1) is 0 Å². The average Bonchev–Trinajstić information content (AvgIpc) is 3.01. The van der Waals surface area contributed by atoms with Crippen LogP contribution in [0.2, 0.25) is 5.02 Å². The Bertz CT molecular complexity index is 361. The van der Waals surface area contributed by atoms with Crippen LogP contribution in [0.15, 0.2) is 12.1 Å². The molecular formula is C12H16ClNO. The van der Waals surface area contributed by atoms with E-state index >= 15 is 0 Å². The van der Waals surface area contributed by atoms with E-state index in [4.69, 9.17) is 22.1 Å². The largest absolute Gasteiger partial charge is 0.496 e. The van der Waals surface area contributed by atoms with E-state index in [9.17, 15) is 0 Å². The number of rotatable bonds is 4. The third kappa shape index (κ3) is 2.27. The van der Waals surface area contributed by atoms with E-state index < -0.39 is 0 Å². The first kappa shape index (κ1) is 10.8. The van der Waals surface area contributed by atoms with Crippen LogP contribution in [-0.2, 0) is 6.42 Å². The smallest absolute Gasteiger partial charge is 0.124 e. The summed E-state index contributed by atoms with van der Waals surface area (Å²) in [6.45, 7) is 0.641. The van der Waals surface area contributed by atoms with Crippen molar-refractivity contribution in [3.63, 3.8) is 0 Å². The molecule has 1 saturated carbocycles. The van der Waals surface area contributed by atoms with Gasteiger partial charge in [-0.1, -0.05) is 11.6 Å². The molecule has 0 aliphatic heterocycles. The highest BCUT2D eigenvalue weighted by Crippen LogP contribution is 2.47. The van der Waals surface area contributed by atoms with Crippen LogP contribution >= 0.6 is 11.6 Å². The Morgan fingerprint density at radius 2 is 2.20 bits per heavy atom. The third-order valence-electron chi connectivity index (χ3n) is 2.79. The molecule has 1 fully saturated rings. The molecule has 82 valence electrons. The molecule has 1 aliphatic rings. The van der Waals surface area contributed by atoms with Crippen LogP contribution in [0.3, 0.4) is 0 Å². The summed E-state index contributed by atoms with van der Waals surface area (Å²) in [4.78, 5) is 0. The third-order valence-corrected chi connectivity index (χ3v) is 3.10. The van der Waals surface area contributed by atoms with Crippen LogP contribution in [0.4, 0.5) is 0 Å². The number of hydrogen-bond donors (Lipinski definition) is 1. The Hall–Kier alpha value is -0.730. The molecule has 2 N–H and O–H groups in total. The second-order valence-electron chi connectivity index (χ2n) is 4.01. The fourth-order valence-corrected chi connectivity index (χ4v) is 2.28. The molecule has 1 aromatic rings. The van der Waals surface area contributed by atoms with Gasteiger partial charge < -0.3 is 10.5 Å². The summed E-state index contributed by atoms with van der Waals surface area (Å²) in [5, 5.41) is 0.834. The van der Waals surface area contributed by atoms with Crippen molar-refractivity contribution >= 4 is 11.6 Å². The lowest BCUT2D eigenvalue weighted by Gasteiger charge is -2.12. The van der Waals surface area contributed by atoms with Gasteiger partial charge in [0.1, 0.15) is 5.75 Å². The Morgan fingerprint density at radius 1 is 1.47 bits per heavy atom. The Balaban J connectivity index is 2.37. The summed E-state index contributed by atoms with van der Waals surface area (Å²) in [5.41, 5.74) is 7.87. The molecule has 0 radical (unpaired) electrons. The minimum atomic E-state index is 0.611. The summed E-state index contributed by atoms with van der Waals surface area (Å²) in [6, 6.07) is 4.08. The lowest BCUT2D eigenvalue weighted by atomic mass is 10.0. The SMILES string of the molecule is COc1cc(CCN)cc(Cl)c1C1CC1. The van der Waals surface area contributed by atoms with Crippen molar-refractivity contribution in [3.05, 3.63) is 28.3 Å². The number of ether oxygens (including phenoxy) is 1. The standard InChI is InChI=1S/C12H16ClNO/c1-15-11-7-8(4-5-14)6-10(13)12(11)9-2-3-9/h6-7,9H,2-5,14H2,1H3. The zero-order valence-electron chi connectivity index (χ0n) is 8.92. The highest BCUT2D eigenvalue weighted by Gasteiger charge is 2.29. The lowest BCUT2D eigenvalue weighted by Crippen LogP contribution is -2.03. The Labute approximate surface area is 95.4 Å². The van der Waals surface area contributed by atoms with Crippen molar-refractivity contribution in [1.82, 2.24) is 0 Å². The first-order valence-corrected chi connectivity index (χ1v) is 5.70. The van der Waals surface area contributed by atoms with E-state index in [1.54, 1.807) is 7.11 Å². The van der Waals surface area contributed by atoms with E-state index in [0.717, 1.165) is 22.8 Å². The molecular weight excluding hydrogens is 210 g/mol. The molecule has 0 saturated heterocycles. The lowest BCUT2D eigenvalue weighted by molar-refractivity contribution is 0.409. The van der Waals surface area contributed by atoms with Gasteiger partial charge in [0.15, 0.2) is 0 Å². The zero-order valence-corrected chi connectivity index (χ0v) is 9.68. The van der Waals surface area contributed by atoms with Gasteiger partial charge in [0, 0.05) is 10.6 Å². The van der Waals surface area contributed by atoms with Crippen molar-refractivity contribution in [3.8, 4) is 5.75 Å². The van der Waals surface area contributed by atoms with Crippen molar-refractivity contribution < 1.29 is 4.74 Å². The van der Waals surface area contributed by atoms with Gasteiger partial charge >= 0.3 is 0 Å². The molecule has 0 atom stereocenters. The van der Waals surface area contributed by atoms with E-state index in [0.29, 0.717) is 12.5 Å². The fraction of sp³-hybridized carbons (Fsp3) is 0.500. The normalized spacial score (nSPS) is 15.4. The summed E-state index contributed by atoms with van der Waals surface area (Å²) < 4.78 is 5.39. The molecule has 0 bridgehead atoms. The zero-order chi connectivity index (χ0) is 10.8. The second kappa shape index (κ2) is 4.42. The van der Waals surface area contributed by atoms with Crippen LogP contribution in [0.1, 0.15) is 29.9 Å². The summed E-state index contributed by atoms with van der Waals surface area (Å²) >= 11 is 6.26. The van der Waals surface area contributed by atoms with Crippen molar-refractivity contribution in [2.75, 3.05) is 13.7 Å². The highest BCUT2D eigenvalue weighted by molar-refractivity contribution is 6.31. The summed E-state index contributed by atoms with van der Waals surface area (Å²) in [5.74, 6) is 1.54. The monoisotopic (exact) mass is 225 g/mol. The van der Waals surface area contributed by atoms with Crippen LogP contribution in [0.25, 0.3) is 0 Å². The van der Waals surface area contributed by atoms with Crippen molar-refractivity contribution in [2.45, 2.75) is 25.2 Å². The predicted molar refractivity (Wildman–Crippen MR) is 62.7 cm³/mol. The van der Waals surface area contributed by atoms with Crippen LogP contribution < -0.4 is 10.5 Å². The van der Waals surface area contributed by atoms with Gasteiger partial charge in [-0.3, -0.25) is 0 Å². The highest BCUT2D eigenvalue weighted by atomic mass is 35.5. The number of hydrogen-bond acceptors (Lipinski definition) is 2. The molecule has 2 rings (SSSR count). The maximum absolute atomic E-state index is 6.26. The topological polar surface area (TPSA) is 35.2 Å². The Morgan fingerprint density at radius 3 is 2.73 bits per heavy atom. The van der Waals surface area contributed by atoms with E-state index in [-0.39, 0.29) is 0 Å². The molecule has 1 aliphatic carbocycles. The van der Waals surface area contributed by atoms with Crippen LogP contribution in [0, 0.1) is 0 Å². The summed E-state index contributed by atoms with van der Waals surface area (Å²) in [6.07, 6.45) is 3.31. The first-order chi connectivity index (χ1) is 7.26. The minimum Gasteiger partial charge on any atom is -0.496 e. The van der Waals surface area contributed by atoms with E-state index in [1.807, 2.05) is 6.07 Å². The van der Waals surface area contributed by atoms with E-state index in [1.165, 1.54) is 18.4 Å². The molecule has 0 unspecified atom stereocenters. The van der Waals surface area contributed by atoms with Crippen LogP contribution in [-0.4, -0.2) is 13.7 Å². The number of benzene rings is 1. The molecule has 1 aromatic carbocycles. The predicted octanol–water partition coefficient (Wildman–Crippen LogP) is 2.73. The first-order valence-electron chi connectivity index (χ1n) is 5.32. The van der Waals surface area contributed by atoms with Gasteiger partial charge in [-0.25, -0.2) is 0 Å². The average molecular weight is 226 g/mol. The molecule has 0 spiro atoms. The number of methoxy groups -OCH3 is 1. The fourth-order valence-electron chi connectivity index (χ4n) is 1.89. The molecule has 3 heteroatoms. The van der Waals surface area contributed by atoms with Gasteiger partial charge in [0.25, 0.3) is 0 Å². The molecule has 0 amide bonds. The van der Waals surface area contributed by atoms with Crippen molar-refractivity contribution in [1.29, 1.82) is 0 Å². The van der Waals surface area contributed by atoms with Crippen LogP contribution in [0.5, 0.6) is 5.75 Å². The quantitative estimate of drug-likeness (QED) is 0.855. The van der Waals surface area contributed by atoms with E-state index in [2.05, 4.69) is 6.07 Å². The maximum atomic E-state index is 6.26. The van der Waals surface area contributed by atoms with Gasteiger partial charge in [0.2, 0.25) is 0 Å². The molecule has 15 heavy (non-hydrogen) atoms. The minimum absolute atomic E-state index is 0.611. The second-order valence-corrected chi connectivity index (χ2v) is 4.41. The summed E-state index contributed by atoms with van der Waals surface area (Å²) in [7, 11) is 1.70.